The van der Waals surface area contributed by atoms with E-state index in [9.17, 15) is 23.9 Å². The SMILES string of the molecule is CC(=O)N1CCc2c(c(-c3cccc(C#N)c3)nn2[C@H]2c3cc(F)cc(F)c3C[C@@H]2O)C1. The van der Waals surface area contributed by atoms with E-state index in [1.54, 1.807) is 27.8 Å². The van der Waals surface area contributed by atoms with Crippen molar-refractivity contribution in [1.82, 2.24) is 14.7 Å². The predicted octanol–water partition coefficient (Wildman–Crippen LogP) is 3.11. The minimum atomic E-state index is -0.963. The average molecular weight is 434 g/mol. The summed E-state index contributed by atoms with van der Waals surface area (Å²) in [6.07, 6.45) is -0.398. The van der Waals surface area contributed by atoms with Gasteiger partial charge in [0.1, 0.15) is 17.7 Å². The summed E-state index contributed by atoms with van der Waals surface area (Å²) in [6.45, 7) is 2.33. The molecule has 1 aliphatic carbocycles. The highest BCUT2D eigenvalue weighted by Gasteiger charge is 2.39. The number of hydrogen-bond donors (Lipinski definition) is 1. The number of aliphatic hydroxyl groups excluding tert-OH is 1. The number of hydrogen-bond acceptors (Lipinski definition) is 4. The number of fused-ring (bicyclic) bond motifs is 2. The first-order chi connectivity index (χ1) is 15.4. The summed E-state index contributed by atoms with van der Waals surface area (Å²) in [5, 5.41) is 24.9. The normalized spacial score (nSPS) is 19.4. The number of carbonyl (C=O) groups excluding carboxylic acids is 1. The van der Waals surface area contributed by atoms with E-state index in [1.165, 1.54) is 13.0 Å². The monoisotopic (exact) mass is 434 g/mol. The largest absolute Gasteiger partial charge is 0.390 e. The summed E-state index contributed by atoms with van der Waals surface area (Å²) in [5.41, 5.74) is 4.10. The first-order valence-corrected chi connectivity index (χ1v) is 10.4. The van der Waals surface area contributed by atoms with Gasteiger partial charge in [0.15, 0.2) is 0 Å². The minimum Gasteiger partial charge on any atom is -0.390 e. The van der Waals surface area contributed by atoms with Gasteiger partial charge in [-0.3, -0.25) is 9.48 Å². The van der Waals surface area contributed by atoms with Crippen molar-refractivity contribution < 1.29 is 18.7 Å². The Morgan fingerprint density at radius 2 is 2.06 bits per heavy atom. The van der Waals surface area contributed by atoms with Gasteiger partial charge in [-0.15, -0.1) is 0 Å². The Bertz CT molecular complexity index is 1290. The van der Waals surface area contributed by atoms with Crippen molar-refractivity contribution in [1.29, 1.82) is 5.26 Å². The first-order valence-electron chi connectivity index (χ1n) is 10.4. The van der Waals surface area contributed by atoms with Crippen molar-refractivity contribution in [2.45, 2.75) is 38.5 Å². The van der Waals surface area contributed by atoms with Crippen LogP contribution in [0.2, 0.25) is 0 Å². The number of rotatable bonds is 2. The van der Waals surface area contributed by atoms with Crippen molar-refractivity contribution in [2.75, 3.05) is 6.54 Å². The molecule has 2 aliphatic rings. The number of aliphatic hydroxyl groups is 1. The Kier molecular flexibility index (Phi) is 4.79. The molecule has 1 aliphatic heterocycles. The van der Waals surface area contributed by atoms with Crippen LogP contribution in [0.15, 0.2) is 36.4 Å². The van der Waals surface area contributed by atoms with Crippen LogP contribution in [-0.4, -0.2) is 38.3 Å². The Balaban J connectivity index is 1.70. The maximum absolute atomic E-state index is 14.4. The van der Waals surface area contributed by atoms with Gasteiger partial charge in [-0.2, -0.15) is 10.4 Å². The number of carbonyl (C=O) groups is 1. The van der Waals surface area contributed by atoms with Gasteiger partial charge >= 0.3 is 0 Å². The molecule has 162 valence electrons. The maximum atomic E-state index is 14.4. The van der Waals surface area contributed by atoms with E-state index < -0.39 is 23.8 Å². The quantitative estimate of drug-likeness (QED) is 0.672. The fourth-order valence-corrected chi connectivity index (χ4v) is 4.84. The molecule has 0 saturated carbocycles. The molecule has 0 radical (unpaired) electrons. The summed E-state index contributed by atoms with van der Waals surface area (Å²) >= 11 is 0. The third kappa shape index (κ3) is 3.17. The van der Waals surface area contributed by atoms with E-state index >= 15 is 0 Å². The van der Waals surface area contributed by atoms with Crippen LogP contribution in [0.1, 0.15) is 40.9 Å². The molecule has 32 heavy (non-hydrogen) atoms. The molecule has 0 spiro atoms. The van der Waals surface area contributed by atoms with Gasteiger partial charge < -0.3 is 10.0 Å². The van der Waals surface area contributed by atoms with Gasteiger partial charge in [0.05, 0.1) is 23.4 Å². The molecular formula is C24H20F2N4O2. The summed E-state index contributed by atoms with van der Waals surface area (Å²) in [7, 11) is 0. The predicted molar refractivity (Wildman–Crippen MR) is 111 cm³/mol. The first kappa shape index (κ1) is 20.3. The van der Waals surface area contributed by atoms with E-state index in [-0.39, 0.29) is 12.3 Å². The lowest BCUT2D eigenvalue weighted by Gasteiger charge is -2.28. The molecule has 0 bridgehead atoms. The number of benzene rings is 2. The third-order valence-corrected chi connectivity index (χ3v) is 6.35. The van der Waals surface area contributed by atoms with Gasteiger partial charge in [0, 0.05) is 55.7 Å². The molecule has 5 rings (SSSR count). The molecule has 2 aromatic carbocycles. The van der Waals surface area contributed by atoms with E-state index in [2.05, 4.69) is 6.07 Å². The van der Waals surface area contributed by atoms with Gasteiger partial charge in [-0.1, -0.05) is 12.1 Å². The molecule has 0 unspecified atom stereocenters. The molecular weight excluding hydrogens is 414 g/mol. The van der Waals surface area contributed by atoms with Crippen LogP contribution < -0.4 is 0 Å². The minimum absolute atomic E-state index is 0.0597. The molecule has 1 amide bonds. The summed E-state index contributed by atoms with van der Waals surface area (Å²) < 4.78 is 30.1. The summed E-state index contributed by atoms with van der Waals surface area (Å²) in [4.78, 5) is 13.8. The van der Waals surface area contributed by atoms with Gasteiger partial charge in [0.2, 0.25) is 5.91 Å². The molecule has 2 heterocycles. The van der Waals surface area contributed by atoms with Crippen LogP contribution in [0, 0.1) is 23.0 Å². The lowest BCUT2D eigenvalue weighted by molar-refractivity contribution is -0.129. The second-order valence-corrected chi connectivity index (χ2v) is 8.27. The van der Waals surface area contributed by atoms with Crippen molar-refractivity contribution >= 4 is 5.91 Å². The molecule has 0 saturated heterocycles. The van der Waals surface area contributed by atoms with Gasteiger partial charge in [0.25, 0.3) is 0 Å². The molecule has 1 aromatic heterocycles. The molecule has 2 atom stereocenters. The molecule has 3 aromatic rings. The zero-order valence-corrected chi connectivity index (χ0v) is 17.3. The fraction of sp³-hybridized carbons (Fsp3) is 0.292. The van der Waals surface area contributed by atoms with Crippen molar-refractivity contribution in [3.05, 3.63) is 76.0 Å². The van der Waals surface area contributed by atoms with Gasteiger partial charge in [-0.25, -0.2) is 8.78 Å². The highest BCUT2D eigenvalue weighted by molar-refractivity contribution is 5.75. The fourth-order valence-electron chi connectivity index (χ4n) is 4.84. The van der Waals surface area contributed by atoms with Crippen LogP contribution in [0.4, 0.5) is 8.78 Å². The molecule has 8 heteroatoms. The number of aromatic nitrogens is 2. The zero-order chi connectivity index (χ0) is 22.6. The smallest absolute Gasteiger partial charge is 0.219 e. The number of halogens is 2. The Labute approximate surface area is 183 Å². The van der Waals surface area contributed by atoms with Crippen LogP contribution in [0.5, 0.6) is 0 Å². The Morgan fingerprint density at radius 3 is 2.81 bits per heavy atom. The molecule has 1 N–H and O–H groups in total. The number of nitrogens with zero attached hydrogens (tertiary/aromatic N) is 4. The van der Waals surface area contributed by atoms with Crippen molar-refractivity contribution in [2.24, 2.45) is 0 Å². The maximum Gasteiger partial charge on any atom is 0.219 e. The van der Waals surface area contributed by atoms with E-state index in [1.807, 2.05) is 6.07 Å². The Morgan fingerprint density at radius 1 is 1.25 bits per heavy atom. The van der Waals surface area contributed by atoms with Crippen LogP contribution >= 0.6 is 0 Å². The molecule has 0 fully saturated rings. The number of nitriles is 1. The highest BCUT2D eigenvalue weighted by Crippen LogP contribution is 2.40. The second kappa shape index (κ2) is 7.53. The summed E-state index contributed by atoms with van der Waals surface area (Å²) in [6, 6.07) is 10.5. The Hall–Kier alpha value is -3.57. The van der Waals surface area contributed by atoms with E-state index in [0.717, 1.165) is 17.3 Å². The van der Waals surface area contributed by atoms with Crippen LogP contribution in [-0.2, 0) is 24.2 Å². The van der Waals surface area contributed by atoms with Crippen molar-refractivity contribution in [3.8, 4) is 17.3 Å². The third-order valence-electron chi connectivity index (χ3n) is 6.35. The molecule has 6 nitrogen and oxygen atoms in total. The lowest BCUT2D eigenvalue weighted by Crippen LogP contribution is -2.35. The summed E-state index contributed by atoms with van der Waals surface area (Å²) in [5.74, 6) is -1.44. The van der Waals surface area contributed by atoms with E-state index in [4.69, 9.17) is 5.10 Å². The lowest BCUT2D eigenvalue weighted by atomic mass is 9.99. The van der Waals surface area contributed by atoms with Gasteiger partial charge in [-0.05, 0) is 29.3 Å². The van der Waals surface area contributed by atoms with Crippen LogP contribution in [0.3, 0.4) is 0 Å². The average Bonchev–Trinajstić information content (AvgIpc) is 3.30. The topological polar surface area (TPSA) is 82.2 Å². The second-order valence-electron chi connectivity index (χ2n) is 8.27. The van der Waals surface area contributed by atoms with E-state index in [0.29, 0.717) is 47.5 Å². The number of amides is 1. The zero-order valence-electron chi connectivity index (χ0n) is 17.3. The standard InChI is InChI=1S/C24H20F2N4O2/c1-13(31)29-6-5-21-19(12-29)23(15-4-2-3-14(7-15)11-27)28-30(21)24-18-8-16(25)9-20(26)17(18)10-22(24)32/h2-4,7-9,22,24,32H,5-6,10,12H2,1H3/t22-,24-/m0/s1. The van der Waals surface area contributed by atoms with Crippen molar-refractivity contribution in [3.63, 3.8) is 0 Å². The van der Waals surface area contributed by atoms with Crippen LogP contribution in [0.25, 0.3) is 11.3 Å². The highest BCUT2D eigenvalue weighted by atomic mass is 19.1.